The number of fused-ring (bicyclic) bond motifs is 1. The summed E-state index contributed by atoms with van der Waals surface area (Å²) in [4.78, 5) is 4.53. The summed E-state index contributed by atoms with van der Waals surface area (Å²) >= 11 is 5.86. The lowest BCUT2D eigenvalue weighted by Gasteiger charge is -2.08. The summed E-state index contributed by atoms with van der Waals surface area (Å²) in [6.07, 6.45) is 2.72. The number of nitrogens with zero attached hydrogens (tertiary/aromatic N) is 1. The van der Waals surface area contributed by atoms with E-state index in [1.807, 2.05) is 24.3 Å². The Morgan fingerprint density at radius 3 is 2.83 bits per heavy atom. The molecule has 0 saturated heterocycles. The highest BCUT2D eigenvalue weighted by atomic mass is 35.5. The van der Waals surface area contributed by atoms with Gasteiger partial charge in [0, 0.05) is 31.0 Å². The van der Waals surface area contributed by atoms with Crippen LogP contribution >= 0.6 is 11.6 Å². The van der Waals surface area contributed by atoms with Gasteiger partial charge in [0.2, 0.25) is 0 Å². The number of aromatic nitrogens is 1. The number of hydrogen-bond acceptors (Lipinski definition) is 3. The first-order valence-corrected chi connectivity index (χ1v) is 6.62. The highest BCUT2D eigenvalue weighted by molar-refractivity contribution is 6.30. The predicted molar refractivity (Wildman–Crippen MR) is 70.8 cm³/mol. The molecule has 3 nitrogen and oxygen atoms in total. The lowest BCUT2D eigenvalue weighted by atomic mass is 10.1. The first-order chi connectivity index (χ1) is 8.81. The molecule has 2 heterocycles. The van der Waals surface area contributed by atoms with Crippen molar-refractivity contribution in [3.63, 3.8) is 0 Å². The van der Waals surface area contributed by atoms with Crippen LogP contribution in [0.1, 0.15) is 22.9 Å². The zero-order chi connectivity index (χ0) is 12.4. The van der Waals surface area contributed by atoms with Gasteiger partial charge in [0.1, 0.15) is 5.76 Å². The molecular formula is C14H15ClN2O. The van der Waals surface area contributed by atoms with Crippen LogP contribution in [0.15, 0.2) is 28.7 Å². The third-order valence-corrected chi connectivity index (χ3v) is 3.44. The normalized spacial score (nSPS) is 14.5. The molecule has 18 heavy (non-hydrogen) atoms. The fourth-order valence-corrected chi connectivity index (χ4v) is 2.31. The number of aryl methyl sites for hydroxylation is 2. The van der Waals surface area contributed by atoms with Crippen LogP contribution in [0.3, 0.4) is 0 Å². The lowest BCUT2D eigenvalue weighted by molar-refractivity contribution is 0.438. The molecule has 0 radical (unpaired) electrons. The summed E-state index contributed by atoms with van der Waals surface area (Å²) in [5, 5.41) is 4.07. The average molecular weight is 263 g/mol. The molecule has 1 aromatic heterocycles. The van der Waals surface area contributed by atoms with Crippen LogP contribution in [-0.2, 0) is 25.8 Å². The van der Waals surface area contributed by atoms with Crippen molar-refractivity contribution in [1.29, 1.82) is 0 Å². The van der Waals surface area contributed by atoms with Crippen LogP contribution in [0.5, 0.6) is 0 Å². The molecule has 0 unspecified atom stereocenters. The maximum absolute atomic E-state index is 5.86. The van der Waals surface area contributed by atoms with Crippen molar-refractivity contribution in [3.05, 3.63) is 52.2 Å². The van der Waals surface area contributed by atoms with Gasteiger partial charge in [-0.2, -0.15) is 0 Å². The summed E-state index contributed by atoms with van der Waals surface area (Å²) in [5.74, 6) is 1.90. The van der Waals surface area contributed by atoms with E-state index in [4.69, 9.17) is 16.0 Å². The molecule has 0 fully saturated rings. The molecule has 0 amide bonds. The van der Waals surface area contributed by atoms with Gasteiger partial charge in [0.05, 0.1) is 5.69 Å². The minimum Gasteiger partial charge on any atom is -0.445 e. The molecule has 4 heteroatoms. The number of oxazole rings is 1. The van der Waals surface area contributed by atoms with Gasteiger partial charge in [-0.15, -0.1) is 0 Å². The van der Waals surface area contributed by atoms with Crippen LogP contribution in [0.25, 0.3) is 0 Å². The number of hydrogen-bond donors (Lipinski definition) is 1. The lowest BCUT2D eigenvalue weighted by Crippen LogP contribution is -2.22. The molecule has 0 saturated carbocycles. The van der Waals surface area contributed by atoms with Crippen molar-refractivity contribution >= 4 is 11.6 Å². The molecule has 3 rings (SSSR count). The fourth-order valence-electron chi connectivity index (χ4n) is 2.19. The second kappa shape index (κ2) is 5.12. The smallest absolute Gasteiger partial charge is 0.195 e. The van der Waals surface area contributed by atoms with E-state index in [0.29, 0.717) is 0 Å². The standard InChI is InChI=1S/C14H15ClN2O/c15-11-4-1-10(2-5-11)3-6-14-17-12-9-16-8-7-13(12)18-14/h1-2,4-5,16H,3,6-9H2. The van der Waals surface area contributed by atoms with E-state index in [-0.39, 0.29) is 0 Å². The Morgan fingerprint density at radius 2 is 2.06 bits per heavy atom. The summed E-state index contributed by atoms with van der Waals surface area (Å²) in [5.41, 5.74) is 2.33. The van der Waals surface area contributed by atoms with Gasteiger partial charge in [-0.25, -0.2) is 4.98 Å². The minimum absolute atomic E-state index is 0.774. The summed E-state index contributed by atoms with van der Waals surface area (Å²) in [7, 11) is 0. The molecule has 2 aromatic rings. The fraction of sp³-hybridized carbons (Fsp3) is 0.357. The number of nitrogens with one attached hydrogen (secondary N) is 1. The molecule has 0 spiro atoms. The van der Waals surface area contributed by atoms with Crippen LogP contribution in [0.4, 0.5) is 0 Å². The quantitative estimate of drug-likeness (QED) is 0.924. The molecule has 1 aromatic carbocycles. The molecule has 1 aliphatic heterocycles. The van der Waals surface area contributed by atoms with E-state index in [2.05, 4.69) is 10.3 Å². The third-order valence-electron chi connectivity index (χ3n) is 3.18. The molecule has 1 N–H and O–H groups in total. The monoisotopic (exact) mass is 262 g/mol. The zero-order valence-corrected chi connectivity index (χ0v) is 10.8. The van der Waals surface area contributed by atoms with E-state index in [1.165, 1.54) is 5.56 Å². The number of benzene rings is 1. The van der Waals surface area contributed by atoms with Crippen LogP contribution < -0.4 is 5.32 Å². The van der Waals surface area contributed by atoms with Crippen LogP contribution in [0, 0.1) is 0 Å². The SMILES string of the molecule is Clc1ccc(CCc2nc3c(o2)CCNC3)cc1. The molecule has 0 atom stereocenters. The van der Waals surface area contributed by atoms with Crippen molar-refractivity contribution in [2.45, 2.75) is 25.8 Å². The Balaban J connectivity index is 1.66. The van der Waals surface area contributed by atoms with Crippen molar-refractivity contribution < 1.29 is 4.42 Å². The Kier molecular flexibility index (Phi) is 3.35. The van der Waals surface area contributed by atoms with Gasteiger partial charge in [0.15, 0.2) is 5.89 Å². The second-order valence-electron chi connectivity index (χ2n) is 4.53. The first kappa shape index (κ1) is 11.8. The maximum Gasteiger partial charge on any atom is 0.195 e. The van der Waals surface area contributed by atoms with E-state index in [1.54, 1.807) is 0 Å². The van der Waals surface area contributed by atoms with Crippen molar-refractivity contribution in [2.24, 2.45) is 0 Å². The summed E-state index contributed by atoms with van der Waals surface area (Å²) in [6, 6.07) is 7.93. The highest BCUT2D eigenvalue weighted by Crippen LogP contribution is 2.17. The average Bonchev–Trinajstić information content (AvgIpc) is 2.81. The molecule has 1 aliphatic rings. The van der Waals surface area contributed by atoms with Gasteiger partial charge in [0.25, 0.3) is 0 Å². The Bertz CT molecular complexity index is 510. The maximum atomic E-state index is 5.86. The molecule has 0 aliphatic carbocycles. The molecule has 94 valence electrons. The van der Waals surface area contributed by atoms with E-state index < -0.39 is 0 Å². The third kappa shape index (κ3) is 2.57. The van der Waals surface area contributed by atoms with Gasteiger partial charge in [-0.05, 0) is 24.1 Å². The molecular weight excluding hydrogens is 248 g/mol. The minimum atomic E-state index is 0.774. The largest absolute Gasteiger partial charge is 0.445 e. The van der Waals surface area contributed by atoms with E-state index >= 15 is 0 Å². The van der Waals surface area contributed by atoms with Gasteiger partial charge in [-0.3, -0.25) is 0 Å². The van der Waals surface area contributed by atoms with Crippen molar-refractivity contribution in [1.82, 2.24) is 10.3 Å². The Labute approximate surface area is 111 Å². The van der Waals surface area contributed by atoms with Gasteiger partial charge < -0.3 is 9.73 Å². The Morgan fingerprint density at radius 1 is 1.22 bits per heavy atom. The summed E-state index contributed by atoms with van der Waals surface area (Å²) in [6.45, 7) is 1.82. The first-order valence-electron chi connectivity index (χ1n) is 6.24. The van der Waals surface area contributed by atoms with Gasteiger partial charge >= 0.3 is 0 Å². The Hall–Kier alpha value is -1.32. The predicted octanol–water partition coefficient (Wildman–Crippen LogP) is 2.76. The van der Waals surface area contributed by atoms with Crippen molar-refractivity contribution in [2.75, 3.05) is 6.54 Å². The second-order valence-corrected chi connectivity index (χ2v) is 4.97. The summed E-state index contributed by atoms with van der Waals surface area (Å²) < 4.78 is 5.77. The molecule has 0 bridgehead atoms. The van der Waals surface area contributed by atoms with Gasteiger partial charge in [-0.1, -0.05) is 23.7 Å². The number of halogens is 1. The van der Waals surface area contributed by atoms with Crippen LogP contribution in [-0.4, -0.2) is 11.5 Å². The zero-order valence-electron chi connectivity index (χ0n) is 10.1. The van der Waals surface area contributed by atoms with E-state index in [0.717, 1.165) is 54.7 Å². The van der Waals surface area contributed by atoms with E-state index in [9.17, 15) is 0 Å². The number of rotatable bonds is 3. The van der Waals surface area contributed by atoms with Crippen molar-refractivity contribution in [3.8, 4) is 0 Å². The topological polar surface area (TPSA) is 38.1 Å². The highest BCUT2D eigenvalue weighted by Gasteiger charge is 2.16. The van der Waals surface area contributed by atoms with Crippen LogP contribution in [0.2, 0.25) is 5.02 Å².